The second-order valence-corrected chi connectivity index (χ2v) is 6.55. The van der Waals surface area contributed by atoms with Gasteiger partial charge in [0.2, 0.25) is 0 Å². The molecule has 98 valence electrons. The number of hydrogen-bond acceptors (Lipinski definition) is 3. The molecule has 0 radical (unpaired) electrons. The first kappa shape index (κ1) is 11.5. The van der Waals surface area contributed by atoms with E-state index >= 15 is 0 Å². The SMILES string of the molecule is Oc1cc2c3c(c1)C(c1cccs1)CNCC3CC2. The Hall–Kier alpha value is -1.32. The molecule has 19 heavy (non-hydrogen) atoms. The van der Waals surface area contributed by atoms with Gasteiger partial charge in [-0.2, -0.15) is 0 Å². The van der Waals surface area contributed by atoms with Crippen molar-refractivity contribution in [1.29, 1.82) is 0 Å². The molecule has 1 aromatic carbocycles. The Labute approximate surface area is 117 Å². The van der Waals surface area contributed by atoms with E-state index in [1.807, 2.05) is 23.5 Å². The topological polar surface area (TPSA) is 32.3 Å². The van der Waals surface area contributed by atoms with Crippen LogP contribution in [0.2, 0.25) is 0 Å². The van der Waals surface area contributed by atoms with Crippen molar-refractivity contribution in [2.75, 3.05) is 13.1 Å². The normalized spacial score (nSPS) is 25.1. The van der Waals surface area contributed by atoms with Gasteiger partial charge in [-0.25, -0.2) is 0 Å². The third-order valence-electron chi connectivity index (χ3n) is 4.45. The molecule has 2 unspecified atom stereocenters. The monoisotopic (exact) mass is 271 g/mol. The van der Waals surface area contributed by atoms with Crippen LogP contribution in [-0.2, 0) is 6.42 Å². The number of hydrogen-bond donors (Lipinski definition) is 2. The first-order valence-corrected chi connectivity index (χ1v) is 7.80. The third kappa shape index (κ3) is 1.80. The van der Waals surface area contributed by atoms with Gasteiger partial charge in [0, 0.05) is 23.9 Å². The molecule has 1 aliphatic heterocycles. The highest BCUT2D eigenvalue weighted by atomic mass is 32.1. The number of aromatic hydroxyl groups is 1. The van der Waals surface area contributed by atoms with Crippen LogP contribution < -0.4 is 5.32 Å². The Morgan fingerprint density at radius 2 is 2.21 bits per heavy atom. The smallest absolute Gasteiger partial charge is 0.116 e. The summed E-state index contributed by atoms with van der Waals surface area (Å²) in [6.45, 7) is 2.06. The van der Waals surface area contributed by atoms with Crippen molar-refractivity contribution in [1.82, 2.24) is 5.32 Å². The second-order valence-electron chi connectivity index (χ2n) is 5.57. The molecule has 1 aliphatic carbocycles. The lowest BCUT2D eigenvalue weighted by molar-refractivity contribution is 0.473. The largest absolute Gasteiger partial charge is 0.508 e. The van der Waals surface area contributed by atoms with Gasteiger partial charge in [0.05, 0.1) is 0 Å². The van der Waals surface area contributed by atoms with Gasteiger partial charge in [0.1, 0.15) is 5.75 Å². The summed E-state index contributed by atoms with van der Waals surface area (Å²) in [6, 6.07) is 8.29. The maximum Gasteiger partial charge on any atom is 0.116 e. The number of thiophene rings is 1. The van der Waals surface area contributed by atoms with Gasteiger partial charge >= 0.3 is 0 Å². The molecule has 2 N–H and O–H groups in total. The average Bonchev–Trinajstić information content (AvgIpc) is 3.00. The zero-order chi connectivity index (χ0) is 12.8. The maximum absolute atomic E-state index is 10.0. The molecule has 2 heterocycles. The molecular weight excluding hydrogens is 254 g/mol. The fourth-order valence-corrected chi connectivity index (χ4v) is 4.49. The Balaban J connectivity index is 1.91. The molecule has 2 aliphatic rings. The number of benzene rings is 1. The molecule has 2 aromatic rings. The predicted octanol–water partition coefficient (Wildman–Crippen LogP) is 3.22. The predicted molar refractivity (Wildman–Crippen MR) is 78.2 cm³/mol. The summed E-state index contributed by atoms with van der Waals surface area (Å²) in [4.78, 5) is 1.40. The minimum atomic E-state index is 0.393. The van der Waals surface area contributed by atoms with Crippen LogP contribution in [0, 0.1) is 0 Å². The molecule has 0 saturated heterocycles. The maximum atomic E-state index is 10.0. The number of nitrogens with one attached hydrogen (secondary N) is 1. The van der Waals surface area contributed by atoms with Crippen molar-refractivity contribution in [2.45, 2.75) is 24.7 Å². The van der Waals surface area contributed by atoms with E-state index in [0.717, 1.165) is 19.5 Å². The number of aryl methyl sites for hydroxylation is 1. The lowest BCUT2D eigenvalue weighted by atomic mass is 9.88. The summed E-state index contributed by atoms with van der Waals surface area (Å²) in [5, 5.41) is 15.8. The first-order chi connectivity index (χ1) is 9.33. The fraction of sp³-hybridized carbons (Fsp3) is 0.375. The molecule has 0 bridgehead atoms. The summed E-state index contributed by atoms with van der Waals surface area (Å²) in [7, 11) is 0. The van der Waals surface area contributed by atoms with Crippen molar-refractivity contribution >= 4 is 11.3 Å². The van der Waals surface area contributed by atoms with Crippen LogP contribution in [-0.4, -0.2) is 18.2 Å². The zero-order valence-electron chi connectivity index (χ0n) is 10.7. The average molecular weight is 271 g/mol. The Bertz CT molecular complexity index is 605. The van der Waals surface area contributed by atoms with Crippen molar-refractivity contribution in [3.8, 4) is 5.75 Å². The molecule has 2 nitrogen and oxygen atoms in total. The third-order valence-corrected chi connectivity index (χ3v) is 5.44. The highest BCUT2D eigenvalue weighted by Crippen LogP contribution is 2.44. The van der Waals surface area contributed by atoms with Crippen LogP contribution in [0.4, 0.5) is 0 Å². The van der Waals surface area contributed by atoms with Crippen LogP contribution in [0.3, 0.4) is 0 Å². The van der Waals surface area contributed by atoms with E-state index < -0.39 is 0 Å². The molecule has 2 atom stereocenters. The highest BCUT2D eigenvalue weighted by molar-refractivity contribution is 7.10. The molecule has 0 amide bonds. The lowest BCUT2D eigenvalue weighted by Crippen LogP contribution is -2.22. The van der Waals surface area contributed by atoms with Gasteiger partial charge in [-0.3, -0.25) is 0 Å². The fourth-order valence-electron chi connectivity index (χ4n) is 3.65. The van der Waals surface area contributed by atoms with Gasteiger partial charge in [0.15, 0.2) is 0 Å². The van der Waals surface area contributed by atoms with E-state index in [9.17, 15) is 5.11 Å². The first-order valence-electron chi connectivity index (χ1n) is 6.92. The molecule has 4 rings (SSSR count). The van der Waals surface area contributed by atoms with Crippen molar-refractivity contribution in [3.05, 3.63) is 51.2 Å². The Kier molecular flexibility index (Phi) is 2.64. The van der Waals surface area contributed by atoms with Crippen molar-refractivity contribution in [2.24, 2.45) is 0 Å². The second kappa shape index (κ2) is 4.36. The van der Waals surface area contributed by atoms with E-state index in [4.69, 9.17) is 0 Å². The number of rotatable bonds is 1. The summed E-state index contributed by atoms with van der Waals surface area (Å²) in [6.07, 6.45) is 2.33. The minimum Gasteiger partial charge on any atom is -0.508 e. The lowest BCUT2D eigenvalue weighted by Gasteiger charge is -2.18. The van der Waals surface area contributed by atoms with E-state index in [0.29, 0.717) is 17.6 Å². The van der Waals surface area contributed by atoms with E-state index in [2.05, 4.69) is 22.8 Å². The highest BCUT2D eigenvalue weighted by Gasteiger charge is 2.32. The van der Waals surface area contributed by atoms with Crippen LogP contribution >= 0.6 is 11.3 Å². The van der Waals surface area contributed by atoms with Gasteiger partial charge < -0.3 is 10.4 Å². The van der Waals surface area contributed by atoms with E-state index in [-0.39, 0.29) is 0 Å². The minimum absolute atomic E-state index is 0.393. The number of phenols is 1. The zero-order valence-corrected chi connectivity index (χ0v) is 11.5. The summed E-state index contributed by atoms with van der Waals surface area (Å²) < 4.78 is 0. The van der Waals surface area contributed by atoms with Crippen LogP contribution in [0.5, 0.6) is 5.75 Å². The van der Waals surface area contributed by atoms with E-state index in [1.165, 1.54) is 28.0 Å². The van der Waals surface area contributed by atoms with E-state index in [1.54, 1.807) is 0 Å². The van der Waals surface area contributed by atoms with Crippen molar-refractivity contribution < 1.29 is 5.11 Å². The van der Waals surface area contributed by atoms with Gasteiger partial charge in [-0.15, -0.1) is 11.3 Å². The van der Waals surface area contributed by atoms with Crippen molar-refractivity contribution in [3.63, 3.8) is 0 Å². The van der Waals surface area contributed by atoms with Crippen LogP contribution in [0.25, 0.3) is 0 Å². The van der Waals surface area contributed by atoms with Gasteiger partial charge in [0.25, 0.3) is 0 Å². The summed E-state index contributed by atoms with van der Waals surface area (Å²) in [5.41, 5.74) is 4.23. The molecule has 0 spiro atoms. The van der Waals surface area contributed by atoms with Crippen LogP contribution in [0.1, 0.15) is 39.8 Å². The summed E-state index contributed by atoms with van der Waals surface area (Å²) >= 11 is 1.81. The van der Waals surface area contributed by atoms with Crippen LogP contribution in [0.15, 0.2) is 29.6 Å². The molecule has 0 fully saturated rings. The Morgan fingerprint density at radius 3 is 3.05 bits per heavy atom. The molecule has 3 heteroatoms. The molecule has 0 saturated carbocycles. The Morgan fingerprint density at radius 1 is 1.26 bits per heavy atom. The van der Waals surface area contributed by atoms with Gasteiger partial charge in [-0.1, -0.05) is 6.07 Å². The molecular formula is C16H17NOS. The standard InChI is InChI=1S/C16H17NOS/c18-12-6-10-3-4-11-8-17-9-14(13(7-12)16(10)11)15-2-1-5-19-15/h1-2,5-7,11,14,17-18H,3-4,8-9H2. The summed E-state index contributed by atoms with van der Waals surface area (Å²) in [5.74, 6) is 1.46. The van der Waals surface area contributed by atoms with Gasteiger partial charge in [-0.05, 0) is 59.0 Å². The number of phenolic OH excluding ortho intramolecular Hbond substituents is 1. The quantitative estimate of drug-likeness (QED) is 0.834. The molecule has 1 aromatic heterocycles.